The van der Waals surface area contributed by atoms with Gasteiger partial charge in [-0.1, -0.05) is 5.10 Å². The number of aromatic nitrogens is 2. The first kappa shape index (κ1) is 18.9. The fourth-order valence-corrected chi connectivity index (χ4v) is 2.70. The van der Waals surface area contributed by atoms with E-state index in [1.54, 1.807) is 0 Å². The lowest BCUT2D eigenvalue weighted by atomic mass is 9.92. The maximum atomic E-state index is 11.9. The minimum Gasteiger partial charge on any atom is -0.447 e. The fraction of sp³-hybridized carbons (Fsp3) is 0.857. The number of rotatable bonds is 5. The van der Waals surface area contributed by atoms with Crippen LogP contribution < -0.4 is 10.5 Å². The van der Waals surface area contributed by atoms with Crippen molar-refractivity contribution in [2.24, 2.45) is 5.73 Å². The largest absolute Gasteiger partial charge is 0.522 e. The van der Waals surface area contributed by atoms with Crippen LogP contribution in [0, 0.1) is 0 Å². The Balaban J connectivity index is 1.96. The Bertz CT molecular complexity index is 530. The van der Waals surface area contributed by atoms with Crippen molar-refractivity contribution in [2.75, 3.05) is 19.8 Å². The summed E-state index contributed by atoms with van der Waals surface area (Å²) in [5, 5.41) is 7.70. The summed E-state index contributed by atoms with van der Waals surface area (Å²) in [4.78, 5) is 2.19. The second-order valence-electron chi connectivity index (χ2n) is 6.73. The second-order valence-corrected chi connectivity index (χ2v) is 6.73. The summed E-state index contributed by atoms with van der Waals surface area (Å²) in [5.41, 5.74) is 5.90. The van der Waals surface area contributed by atoms with Crippen LogP contribution >= 0.6 is 0 Å². The van der Waals surface area contributed by atoms with Gasteiger partial charge in [0, 0.05) is 18.1 Å². The molecule has 0 aliphatic carbocycles. The predicted octanol–water partition coefficient (Wildman–Crippen LogP) is 2.25. The van der Waals surface area contributed by atoms with E-state index in [9.17, 15) is 13.2 Å². The molecule has 1 aliphatic rings. The van der Waals surface area contributed by atoms with Gasteiger partial charge in [0.2, 0.25) is 5.89 Å². The lowest BCUT2D eigenvalue weighted by Gasteiger charge is -2.44. The summed E-state index contributed by atoms with van der Waals surface area (Å²) in [5.74, 6) is 0.378. The topological polar surface area (TPSA) is 86.6 Å². The molecule has 0 aromatic carbocycles. The van der Waals surface area contributed by atoms with E-state index in [0.717, 1.165) is 12.8 Å². The molecule has 0 bridgehead atoms. The van der Waals surface area contributed by atoms with E-state index in [1.165, 1.54) is 0 Å². The van der Waals surface area contributed by atoms with Crippen LogP contribution in [0.4, 0.5) is 13.2 Å². The number of nitrogens with two attached hydrogens (primary N) is 1. The molecule has 24 heavy (non-hydrogen) atoms. The zero-order chi connectivity index (χ0) is 18.0. The lowest BCUT2D eigenvalue weighted by molar-refractivity contribution is -0.325. The minimum atomic E-state index is -4.68. The lowest BCUT2D eigenvalue weighted by Crippen LogP contribution is -2.52. The Morgan fingerprint density at radius 1 is 1.21 bits per heavy atom. The van der Waals surface area contributed by atoms with E-state index in [-0.39, 0.29) is 30.3 Å². The van der Waals surface area contributed by atoms with Crippen LogP contribution in [-0.2, 0) is 4.74 Å². The Labute approximate surface area is 138 Å². The molecule has 1 aliphatic heterocycles. The summed E-state index contributed by atoms with van der Waals surface area (Å²) in [6.45, 7) is 5.93. The van der Waals surface area contributed by atoms with Crippen LogP contribution in [0.5, 0.6) is 6.08 Å². The van der Waals surface area contributed by atoms with Crippen LogP contribution in [0.25, 0.3) is 0 Å². The van der Waals surface area contributed by atoms with Crippen molar-refractivity contribution in [2.45, 2.75) is 57.6 Å². The van der Waals surface area contributed by atoms with Gasteiger partial charge in [-0.3, -0.25) is 9.64 Å². The van der Waals surface area contributed by atoms with Gasteiger partial charge in [-0.15, -0.1) is 18.3 Å². The van der Waals surface area contributed by atoms with E-state index in [1.807, 2.05) is 0 Å². The van der Waals surface area contributed by atoms with Crippen molar-refractivity contribution < 1.29 is 27.1 Å². The summed E-state index contributed by atoms with van der Waals surface area (Å²) in [6, 6.07) is -0.0142. The van der Waals surface area contributed by atoms with Gasteiger partial charge >= 0.3 is 12.4 Å². The Kier molecular flexibility index (Phi) is 5.71. The van der Waals surface area contributed by atoms with E-state index < -0.39 is 13.0 Å². The van der Waals surface area contributed by atoms with Crippen LogP contribution in [-0.4, -0.2) is 52.8 Å². The predicted molar refractivity (Wildman–Crippen MR) is 78.2 cm³/mol. The summed E-state index contributed by atoms with van der Waals surface area (Å²) in [6.07, 6.45) is -3.26. The van der Waals surface area contributed by atoms with Gasteiger partial charge in [0.15, 0.2) is 0 Å². The number of alkyl halides is 3. The highest BCUT2D eigenvalue weighted by Crippen LogP contribution is 2.35. The SMILES string of the molecule is CC(C)(C)N1C[C@@H](N)CC[C@@H]1c1nnc(OCCOC(F)(F)F)o1. The summed E-state index contributed by atoms with van der Waals surface area (Å²) < 4.78 is 49.7. The standard InChI is InChI=1S/C14H23F3N4O3/c1-13(2,3)21-8-9(18)4-5-10(21)11-19-20-12(24-11)22-6-7-23-14(15,16)17/h9-10H,4-8,18H2,1-3H3/t9-,10+/m0/s1. The number of piperidine rings is 1. The molecule has 1 aromatic heterocycles. The molecule has 1 aromatic rings. The second kappa shape index (κ2) is 7.24. The van der Waals surface area contributed by atoms with Crippen molar-refractivity contribution in [1.82, 2.24) is 15.1 Å². The number of likely N-dealkylation sites (tertiary alicyclic amines) is 1. The van der Waals surface area contributed by atoms with Crippen LogP contribution in [0.2, 0.25) is 0 Å². The van der Waals surface area contributed by atoms with E-state index >= 15 is 0 Å². The molecule has 138 valence electrons. The van der Waals surface area contributed by atoms with Gasteiger partial charge in [-0.05, 0) is 33.6 Å². The number of halogens is 3. The van der Waals surface area contributed by atoms with E-state index in [2.05, 4.69) is 40.6 Å². The average Bonchev–Trinajstić information content (AvgIpc) is 2.90. The highest BCUT2D eigenvalue weighted by atomic mass is 19.4. The molecule has 2 atom stereocenters. The molecule has 2 N–H and O–H groups in total. The molecule has 0 amide bonds. The van der Waals surface area contributed by atoms with Gasteiger partial charge in [0.25, 0.3) is 0 Å². The van der Waals surface area contributed by atoms with Gasteiger partial charge in [-0.2, -0.15) is 0 Å². The Morgan fingerprint density at radius 3 is 2.54 bits per heavy atom. The van der Waals surface area contributed by atoms with Crippen LogP contribution in [0.1, 0.15) is 45.5 Å². The maximum Gasteiger partial charge on any atom is 0.522 e. The Morgan fingerprint density at radius 2 is 1.92 bits per heavy atom. The monoisotopic (exact) mass is 352 g/mol. The minimum absolute atomic E-state index is 0.0821. The molecule has 0 unspecified atom stereocenters. The molecule has 0 radical (unpaired) electrons. The van der Waals surface area contributed by atoms with Gasteiger partial charge < -0.3 is 14.9 Å². The molecule has 1 saturated heterocycles. The molecule has 10 heteroatoms. The van der Waals surface area contributed by atoms with Crippen LogP contribution in [0.3, 0.4) is 0 Å². The molecular weight excluding hydrogens is 329 g/mol. The first-order valence-electron chi connectivity index (χ1n) is 7.75. The Hall–Kier alpha value is -1.39. The third kappa shape index (κ3) is 5.32. The first-order chi connectivity index (χ1) is 11.1. The quantitative estimate of drug-likeness (QED) is 0.813. The molecule has 0 saturated carbocycles. The molecule has 7 nitrogen and oxygen atoms in total. The number of ether oxygens (including phenoxy) is 2. The first-order valence-corrected chi connectivity index (χ1v) is 7.75. The van der Waals surface area contributed by atoms with Crippen LogP contribution in [0.15, 0.2) is 4.42 Å². The number of nitrogens with zero attached hydrogens (tertiary/aromatic N) is 3. The highest BCUT2D eigenvalue weighted by molar-refractivity contribution is 5.00. The maximum absolute atomic E-state index is 11.9. The van der Waals surface area contributed by atoms with Gasteiger partial charge in [0.05, 0.1) is 12.6 Å². The van der Waals surface area contributed by atoms with Gasteiger partial charge in [0.1, 0.15) is 6.61 Å². The highest BCUT2D eigenvalue weighted by Gasteiger charge is 2.37. The van der Waals surface area contributed by atoms with E-state index in [4.69, 9.17) is 14.9 Å². The van der Waals surface area contributed by atoms with Crippen molar-refractivity contribution in [1.29, 1.82) is 0 Å². The van der Waals surface area contributed by atoms with Crippen molar-refractivity contribution >= 4 is 0 Å². The van der Waals surface area contributed by atoms with Gasteiger partial charge in [-0.25, -0.2) is 0 Å². The molecule has 1 fully saturated rings. The zero-order valence-corrected chi connectivity index (χ0v) is 14.0. The molecule has 2 rings (SSSR count). The van der Waals surface area contributed by atoms with Crippen molar-refractivity contribution in [3.8, 4) is 6.08 Å². The summed E-state index contributed by atoms with van der Waals surface area (Å²) >= 11 is 0. The number of hydrogen-bond donors (Lipinski definition) is 1. The smallest absolute Gasteiger partial charge is 0.447 e. The zero-order valence-electron chi connectivity index (χ0n) is 14.0. The normalized spacial score (nSPS) is 23.5. The molecule has 0 spiro atoms. The average molecular weight is 352 g/mol. The summed E-state index contributed by atoms with van der Waals surface area (Å²) in [7, 11) is 0. The number of hydrogen-bond acceptors (Lipinski definition) is 7. The third-order valence-electron chi connectivity index (χ3n) is 3.76. The fourth-order valence-electron chi connectivity index (χ4n) is 2.70. The van der Waals surface area contributed by atoms with Crippen molar-refractivity contribution in [3.05, 3.63) is 5.89 Å². The van der Waals surface area contributed by atoms with Crippen molar-refractivity contribution in [3.63, 3.8) is 0 Å². The molecule has 2 heterocycles. The third-order valence-corrected chi connectivity index (χ3v) is 3.76. The molecular formula is C14H23F3N4O3. The van der Waals surface area contributed by atoms with E-state index in [0.29, 0.717) is 12.4 Å².